The average Bonchev–Trinajstić information content (AvgIpc) is 2.23. The van der Waals surface area contributed by atoms with Crippen LogP contribution in [0.15, 0.2) is 29.2 Å². The van der Waals surface area contributed by atoms with E-state index in [1.807, 2.05) is 20.8 Å². The van der Waals surface area contributed by atoms with E-state index in [1.54, 1.807) is 0 Å². The van der Waals surface area contributed by atoms with Gasteiger partial charge in [-0.25, -0.2) is 8.42 Å². The van der Waals surface area contributed by atoms with Crippen LogP contribution in [-0.2, 0) is 16.0 Å². The second-order valence-electron chi connectivity index (χ2n) is 6.62. The first-order valence-corrected chi connectivity index (χ1v) is 8.32. The molecule has 1 aromatic rings. The molecule has 1 fully saturated rings. The van der Waals surface area contributed by atoms with Crippen molar-refractivity contribution in [1.82, 2.24) is 0 Å². The van der Waals surface area contributed by atoms with E-state index < -0.39 is 31.7 Å². The topological polar surface area (TPSA) is 34.1 Å². The van der Waals surface area contributed by atoms with E-state index in [-0.39, 0.29) is 4.90 Å². The Morgan fingerprint density at radius 1 is 1.00 bits per heavy atom. The van der Waals surface area contributed by atoms with Gasteiger partial charge in [0, 0.05) is 0 Å². The van der Waals surface area contributed by atoms with Crippen LogP contribution in [0.3, 0.4) is 0 Å². The number of hydrogen-bond donors (Lipinski definition) is 0. The van der Waals surface area contributed by atoms with Gasteiger partial charge in [-0.15, -0.1) is 0 Å². The van der Waals surface area contributed by atoms with Gasteiger partial charge in [0.05, 0.1) is 15.2 Å². The summed E-state index contributed by atoms with van der Waals surface area (Å²) in [5.41, 5.74) is -1.29. The van der Waals surface area contributed by atoms with Gasteiger partial charge in [-0.05, 0) is 42.5 Å². The molecule has 0 amide bonds. The number of rotatable bonds is 2. The molecule has 0 aromatic heterocycles. The average molecular weight is 320 g/mol. The van der Waals surface area contributed by atoms with Crippen molar-refractivity contribution in [3.63, 3.8) is 0 Å². The van der Waals surface area contributed by atoms with Crippen molar-refractivity contribution in [2.24, 2.45) is 5.41 Å². The first-order valence-electron chi connectivity index (χ1n) is 6.84. The van der Waals surface area contributed by atoms with E-state index in [9.17, 15) is 21.6 Å². The SMILES string of the molecule is CC(C)(C)C1(S(=O)(=O)c2ccc(C(F)(F)F)cc2)CCC1. The van der Waals surface area contributed by atoms with E-state index in [0.29, 0.717) is 12.8 Å². The number of benzene rings is 1. The van der Waals surface area contributed by atoms with Crippen LogP contribution in [0, 0.1) is 5.41 Å². The van der Waals surface area contributed by atoms with Gasteiger partial charge in [-0.3, -0.25) is 0 Å². The number of halogens is 3. The van der Waals surface area contributed by atoms with Gasteiger partial charge >= 0.3 is 6.18 Å². The van der Waals surface area contributed by atoms with Crippen LogP contribution in [-0.4, -0.2) is 13.2 Å². The van der Waals surface area contributed by atoms with E-state index in [0.717, 1.165) is 30.7 Å². The lowest BCUT2D eigenvalue weighted by Gasteiger charge is -2.50. The van der Waals surface area contributed by atoms with Gasteiger partial charge < -0.3 is 0 Å². The molecule has 118 valence electrons. The van der Waals surface area contributed by atoms with Gasteiger partial charge in [0.25, 0.3) is 0 Å². The van der Waals surface area contributed by atoms with Crippen LogP contribution in [0.5, 0.6) is 0 Å². The predicted octanol–water partition coefficient (Wildman–Crippen LogP) is 4.45. The molecule has 0 unspecified atom stereocenters. The van der Waals surface area contributed by atoms with Crippen molar-refractivity contribution in [2.75, 3.05) is 0 Å². The van der Waals surface area contributed by atoms with Crippen LogP contribution in [0.4, 0.5) is 13.2 Å². The minimum atomic E-state index is -4.46. The first-order chi connectivity index (χ1) is 9.42. The third-order valence-electron chi connectivity index (χ3n) is 4.53. The van der Waals surface area contributed by atoms with Crippen LogP contribution in [0.1, 0.15) is 45.6 Å². The molecule has 0 atom stereocenters. The Morgan fingerprint density at radius 2 is 1.48 bits per heavy atom. The Balaban J connectivity index is 2.46. The predicted molar refractivity (Wildman–Crippen MR) is 74.7 cm³/mol. The monoisotopic (exact) mass is 320 g/mol. The molecular weight excluding hydrogens is 301 g/mol. The highest BCUT2D eigenvalue weighted by Crippen LogP contribution is 2.53. The fourth-order valence-electron chi connectivity index (χ4n) is 2.97. The molecule has 6 heteroatoms. The summed E-state index contributed by atoms with van der Waals surface area (Å²) >= 11 is 0. The molecule has 1 saturated carbocycles. The fourth-order valence-corrected chi connectivity index (χ4v) is 5.55. The molecule has 0 bridgehead atoms. The lowest BCUT2D eigenvalue weighted by molar-refractivity contribution is -0.137. The molecule has 1 aliphatic carbocycles. The second-order valence-corrected chi connectivity index (χ2v) is 8.88. The van der Waals surface area contributed by atoms with Gasteiger partial charge in [0.15, 0.2) is 9.84 Å². The van der Waals surface area contributed by atoms with Crippen molar-refractivity contribution in [2.45, 2.75) is 55.9 Å². The largest absolute Gasteiger partial charge is 0.416 e. The molecule has 0 saturated heterocycles. The van der Waals surface area contributed by atoms with E-state index >= 15 is 0 Å². The quantitative estimate of drug-likeness (QED) is 0.807. The van der Waals surface area contributed by atoms with Gasteiger partial charge in [0.1, 0.15) is 0 Å². The standard InChI is InChI=1S/C15H19F3O2S/c1-13(2,3)14(9-4-10-14)21(19,20)12-7-5-11(6-8-12)15(16,17)18/h5-8H,4,9-10H2,1-3H3. The number of alkyl halides is 3. The maximum atomic E-state index is 12.9. The summed E-state index contributed by atoms with van der Waals surface area (Å²) in [6, 6.07) is 3.82. The molecule has 21 heavy (non-hydrogen) atoms. The highest BCUT2D eigenvalue weighted by molar-refractivity contribution is 7.93. The number of hydrogen-bond acceptors (Lipinski definition) is 2. The Hall–Kier alpha value is -1.04. The molecule has 0 heterocycles. The third-order valence-corrected chi connectivity index (χ3v) is 7.48. The maximum Gasteiger partial charge on any atom is 0.416 e. The lowest BCUT2D eigenvalue weighted by atomic mass is 9.67. The molecule has 0 N–H and O–H groups in total. The molecule has 2 nitrogen and oxygen atoms in total. The first kappa shape index (κ1) is 16.3. The van der Waals surface area contributed by atoms with E-state index in [2.05, 4.69) is 0 Å². The summed E-state index contributed by atoms with van der Waals surface area (Å²) in [5.74, 6) is 0. The summed E-state index contributed by atoms with van der Waals surface area (Å²) in [7, 11) is -3.65. The summed E-state index contributed by atoms with van der Waals surface area (Å²) < 4.78 is 62.6. The maximum absolute atomic E-state index is 12.9. The van der Waals surface area contributed by atoms with Crippen LogP contribution < -0.4 is 0 Å². The minimum Gasteiger partial charge on any atom is -0.223 e. The minimum absolute atomic E-state index is 0.0230. The molecule has 0 spiro atoms. The van der Waals surface area contributed by atoms with E-state index in [4.69, 9.17) is 0 Å². The molecule has 0 radical (unpaired) electrons. The molecule has 2 rings (SSSR count). The zero-order chi connectivity index (χ0) is 16.1. The van der Waals surface area contributed by atoms with Gasteiger partial charge in [-0.1, -0.05) is 27.2 Å². The molecule has 1 aromatic carbocycles. The zero-order valence-electron chi connectivity index (χ0n) is 12.3. The molecule has 1 aliphatic rings. The second kappa shape index (κ2) is 4.73. The normalized spacial score (nSPS) is 19.1. The van der Waals surface area contributed by atoms with Crippen molar-refractivity contribution in [3.8, 4) is 0 Å². The smallest absolute Gasteiger partial charge is 0.223 e. The Morgan fingerprint density at radius 3 is 1.76 bits per heavy atom. The van der Waals surface area contributed by atoms with Crippen molar-refractivity contribution >= 4 is 9.84 Å². The highest BCUT2D eigenvalue weighted by atomic mass is 32.2. The molecule has 0 aliphatic heterocycles. The van der Waals surface area contributed by atoms with Crippen molar-refractivity contribution < 1.29 is 21.6 Å². The van der Waals surface area contributed by atoms with E-state index in [1.165, 1.54) is 0 Å². The zero-order valence-corrected chi connectivity index (χ0v) is 13.1. The Labute approximate surface area is 123 Å². The Kier molecular flexibility index (Phi) is 3.68. The summed E-state index contributed by atoms with van der Waals surface area (Å²) in [6.07, 6.45) is -2.52. The van der Waals surface area contributed by atoms with Crippen LogP contribution >= 0.6 is 0 Å². The Bertz CT molecular complexity index is 618. The van der Waals surface area contributed by atoms with Crippen molar-refractivity contribution in [3.05, 3.63) is 29.8 Å². The molecular formula is C15H19F3O2S. The third kappa shape index (κ3) is 2.47. The van der Waals surface area contributed by atoms with Crippen LogP contribution in [0.25, 0.3) is 0 Å². The van der Waals surface area contributed by atoms with Crippen LogP contribution in [0.2, 0.25) is 0 Å². The lowest BCUT2D eigenvalue weighted by Crippen LogP contribution is -2.54. The summed E-state index contributed by atoms with van der Waals surface area (Å²) in [5, 5.41) is 0. The van der Waals surface area contributed by atoms with Crippen molar-refractivity contribution in [1.29, 1.82) is 0 Å². The fraction of sp³-hybridized carbons (Fsp3) is 0.600. The summed E-state index contributed by atoms with van der Waals surface area (Å²) in [6.45, 7) is 5.61. The number of sulfone groups is 1. The highest BCUT2D eigenvalue weighted by Gasteiger charge is 2.56. The van der Waals surface area contributed by atoms with Gasteiger partial charge in [0.2, 0.25) is 0 Å². The summed E-state index contributed by atoms with van der Waals surface area (Å²) in [4.78, 5) is -0.0230. The van der Waals surface area contributed by atoms with Gasteiger partial charge in [-0.2, -0.15) is 13.2 Å².